The van der Waals surface area contributed by atoms with E-state index in [1.54, 1.807) is 0 Å². The first kappa shape index (κ1) is 57.4. The second-order valence-corrected chi connectivity index (χ2v) is 18.2. The molecular weight excluding hydrogens is 733 g/mol. The monoisotopic (exact) mass is 835 g/mol. The molecule has 0 amide bonds. The smallest absolute Gasteiger partial charge is 0.306 e. The van der Waals surface area contributed by atoms with Gasteiger partial charge in [-0.2, -0.15) is 0 Å². The van der Waals surface area contributed by atoms with Crippen molar-refractivity contribution in [3.8, 4) is 0 Å². The average molecular weight is 835 g/mol. The molecule has 0 heterocycles. The summed E-state index contributed by atoms with van der Waals surface area (Å²) in [6.45, 7) is 6.61. The van der Waals surface area contributed by atoms with Crippen molar-refractivity contribution in [1.82, 2.24) is 0 Å². The van der Waals surface area contributed by atoms with Gasteiger partial charge in [0.15, 0.2) is 6.10 Å². The van der Waals surface area contributed by atoms with E-state index in [2.05, 4.69) is 20.8 Å². The fourth-order valence-electron chi connectivity index (χ4n) is 8.09. The van der Waals surface area contributed by atoms with Crippen LogP contribution in [0.15, 0.2) is 0 Å². The summed E-state index contributed by atoms with van der Waals surface area (Å²) in [5.41, 5.74) is 0. The normalized spacial score (nSPS) is 11.8. The molecule has 0 aliphatic rings. The first-order valence-electron chi connectivity index (χ1n) is 26.5. The third-order valence-electron chi connectivity index (χ3n) is 12.1. The maximum Gasteiger partial charge on any atom is 0.306 e. The minimum Gasteiger partial charge on any atom is -0.462 e. The zero-order valence-electron chi connectivity index (χ0n) is 40.1. The molecule has 1 unspecified atom stereocenters. The Hall–Kier alpha value is -1.59. The topological polar surface area (TPSA) is 78.9 Å². The first-order chi connectivity index (χ1) is 29.0. The third-order valence-corrected chi connectivity index (χ3v) is 12.1. The standard InChI is InChI=1S/C53H102O6/c1-4-7-10-13-16-18-20-21-22-23-24-25-26-27-28-29-30-31-32-33-34-36-37-40-43-46-52(55)58-49-50(48-57-51(54)45-42-39-15-12-9-6-3)59-53(56)47-44-41-38-35-19-17-14-11-8-5-2/h50H,4-49H2,1-3H3. The molecule has 0 saturated heterocycles. The molecule has 0 spiro atoms. The summed E-state index contributed by atoms with van der Waals surface area (Å²) in [6.07, 6.45) is 52.8. The van der Waals surface area contributed by atoms with Gasteiger partial charge in [-0.3, -0.25) is 14.4 Å². The molecule has 0 saturated carbocycles. The van der Waals surface area contributed by atoms with Gasteiger partial charge in [-0.15, -0.1) is 0 Å². The molecule has 1 atom stereocenters. The van der Waals surface area contributed by atoms with Crippen LogP contribution in [-0.4, -0.2) is 37.2 Å². The van der Waals surface area contributed by atoms with Crippen molar-refractivity contribution in [2.24, 2.45) is 0 Å². The summed E-state index contributed by atoms with van der Waals surface area (Å²) in [6, 6.07) is 0. The van der Waals surface area contributed by atoms with E-state index < -0.39 is 6.10 Å². The molecule has 0 N–H and O–H groups in total. The van der Waals surface area contributed by atoms with Crippen molar-refractivity contribution in [3.63, 3.8) is 0 Å². The summed E-state index contributed by atoms with van der Waals surface area (Å²) in [7, 11) is 0. The number of carbonyl (C=O) groups excluding carboxylic acids is 3. The Bertz CT molecular complexity index is 874. The van der Waals surface area contributed by atoms with Gasteiger partial charge in [-0.1, -0.05) is 265 Å². The molecule has 6 nitrogen and oxygen atoms in total. The van der Waals surface area contributed by atoms with Gasteiger partial charge >= 0.3 is 17.9 Å². The maximum atomic E-state index is 12.7. The predicted molar refractivity (Wildman–Crippen MR) is 252 cm³/mol. The summed E-state index contributed by atoms with van der Waals surface area (Å²) in [5, 5.41) is 0. The second kappa shape index (κ2) is 49.1. The first-order valence-corrected chi connectivity index (χ1v) is 26.5. The van der Waals surface area contributed by atoms with Crippen LogP contribution in [0.2, 0.25) is 0 Å². The van der Waals surface area contributed by atoms with Crippen molar-refractivity contribution in [1.29, 1.82) is 0 Å². The van der Waals surface area contributed by atoms with E-state index in [9.17, 15) is 14.4 Å². The van der Waals surface area contributed by atoms with Crippen LogP contribution in [0, 0.1) is 0 Å². The highest BCUT2D eigenvalue weighted by Gasteiger charge is 2.19. The molecule has 0 aromatic heterocycles. The molecule has 0 aliphatic carbocycles. The molecule has 0 fully saturated rings. The van der Waals surface area contributed by atoms with E-state index in [-0.39, 0.29) is 31.1 Å². The van der Waals surface area contributed by atoms with E-state index in [1.807, 2.05) is 0 Å². The van der Waals surface area contributed by atoms with Gasteiger partial charge in [0.2, 0.25) is 0 Å². The van der Waals surface area contributed by atoms with Gasteiger partial charge < -0.3 is 14.2 Å². The van der Waals surface area contributed by atoms with Gasteiger partial charge in [-0.05, 0) is 19.3 Å². The number of hydrogen-bond acceptors (Lipinski definition) is 6. The number of esters is 3. The summed E-state index contributed by atoms with van der Waals surface area (Å²) < 4.78 is 16.7. The summed E-state index contributed by atoms with van der Waals surface area (Å²) in [4.78, 5) is 37.6. The van der Waals surface area contributed by atoms with E-state index in [1.165, 1.54) is 205 Å². The Morgan fingerprint density at radius 1 is 0.271 bits per heavy atom. The Kier molecular flexibility index (Phi) is 47.7. The quantitative estimate of drug-likeness (QED) is 0.0345. The van der Waals surface area contributed by atoms with Gasteiger partial charge in [0.1, 0.15) is 13.2 Å². The van der Waals surface area contributed by atoms with Crippen molar-refractivity contribution in [2.75, 3.05) is 13.2 Å². The Labute approximate surface area is 368 Å². The molecule has 0 aromatic carbocycles. The zero-order valence-corrected chi connectivity index (χ0v) is 40.1. The zero-order chi connectivity index (χ0) is 43.0. The van der Waals surface area contributed by atoms with Crippen molar-refractivity contribution in [2.45, 2.75) is 309 Å². The number of hydrogen-bond donors (Lipinski definition) is 0. The van der Waals surface area contributed by atoms with Gasteiger partial charge in [0, 0.05) is 19.3 Å². The highest BCUT2D eigenvalue weighted by atomic mass is 16.6. The lowest BCUT2D eigenvalue weighted by molar-refractivity contribution is -0.167. The Morgan fingerprint density at radius 2 is 0.458 bits per heavy atom. The molecule has 0 rings (SSSR count). The Balaban J connectivity index is 3.96. The van der Waals surface area contributed by atoms with Crippen molar-refractivity contribution < 1.29 is 28.6 Å². The lowest BCUT2D eigenvalue weighted by Crippen LogP contribution is -2.30. The number of rotatable bonds is 49. The Morgan fingerprint density at radius 3 is 0.678 bits per heavy atom. The minimum atomic E-state index is -0.757. The van der Waals surface area contributed by atoms with E-state index >= 15 is 0 Å². The van der Waals surface area contributed by atoms with E-state index in [0.29, 0.717) is 19.3 Å². The van der Waals surface area contributed by atoms with Crippen molar-refractivity contribution in [3.05, 3.63) is 0 Å². The van der Waals surface area contributed by atoms with Gasteiger partial charge in [0.25, 0.3) is 0 Å². The lowest BCUT2D eigenvalue weighted by atomic mass is 10.0. The molecule has 59 heavy (non-hydrogen) atoms. The SMILES string of the molecule is CCCCCCCCCCCCCCCCCCCCCCCCCCCC(=O)OCC(COC(=O)CCCCCCCC)OC(=O)CCCCCCCCCCCC. The number of unbranched alkanes of at least 4 members (excludes halogenated alkanes) is 38. The molecule has 0 aliphatic heterocycles. The lowest BCUT2D eigenvalue weighted by Gasteiger charge is -2.18. The van der Waals surface area contributed by atoms with Crippen LogP contribution in [0.25, 0.3) is 0 Å². The van der Waals surface area contributed by atoms with Crippen LogP contribution in [0.4, 0.5) is 0 Å². The number of carbonyl (C=O) groups is 3. The van der Waals surface area contributed by atoms with Gasteiger partial charge in [0.05, 0.1) is 0 Å². The average Bonchev–Trinajstić information content (AvgIpc) is 3.23. The van der Waals surface area contributed by atoms with Crippen LogP contribution < -0.4 is 0 Å². The summed E-state index contributed by atoms with van der Waals surface area (Å²) >= 11 is 0. The van der Waals surface area contributed by atoms with Crippen LogP contribution in [0.1, 0.15) is 303 Å². The van der Waals surface area contributed by atoms with Crippen LogP contribution >= 0.6 is 0 Å². The molecule has 0 aromatic rings. The highest BCUT2D eigenvalue weighted by Crippen LogP contribution is 2.17. The van der Waals surface area contributed by atoms with Crippen LogP contribution in [0.3, 0.4) is 0 Å². The highest BCUT2D eigenvalue weighted by molar-refractivity contribution is 5.71. The third kappa shape index (κ3) is 47.3. The fraction of sp³-hybridized carbons (Fsp3) is 0.943. The van der Waals surface area contributed by atoms with Gasteiger partial charge in [-0.25, -0.2) is 0 Å². The minimum absolute atomic E-state index is 0.0632. The van der Waals surface area contributed by atoms with E-state index in [4.69, 9.17) is 14.2 Å². The molecular formula is C53H102O6. The summed E-state index contributed by atoms with van der Waals surface area (Å²) in [5.74, 6) is -0.857. The van der Waals surface area contributed by atoms with Crippen LogP contribution in [0.5, 0.6) is 0 Å². The van der Waals surface area contributed by atoms with Crippen LogP contribution in [-0.2, 0) is 28.6 Å². The molecule has 0 bridgehead atoms. The maximum absolute atomic E-state index is 12.7. The number of ether oxygens (including phenoxy) is 3. The molecule has 0 radical (unpaired) electrons. The predicted octanol–water partition coefficient (Wildman–Crippen LogP) is 17.2. The molecule has 6 heteroatoms. The van der Waals surface area contributed by atoms with E-state index in [0.717, 1.165) is 57.8 Å². The largest absolute Gasteiger partial charge is 0.462 e. The van der Waals surface area contributed by atoms with Crippen molar-refractivity contribution >= 4 is 17.9 Å². The second-order valence-electron chi connectivity index (χ2n) is 18.2. The fourth-order valence-corrected chi connectivity index (χ4v) is 8.09. The molecule has 350 valence electrons.